The Balaban J connectivity index is 3.02. The van der Waals surface area contributed by atoms with Gasteiger partial charge in [-0.1, -0.05) is 18.5 Å². The second-order valence-corrected chi connectivity index (χ2v) is 7.22. The second kappa shape index (κ2) is 6.56. The average molecular weight is 325 g/mol. The van der Waals surface area contributed by atoms with Gasteiger partial charge in [-0.05, 0) is 18.4 Å². The number of halogens is 1. The minimum Gasteiger partial charge on any atom is -0.258 e. The zero-order valence-corrected chi connectivity index (χ0v) is 12.7. The van der Waals surface area contributed by atoms with Crippen LogP contribution in [0.2, 0.25) is 5.02 Å². The fourth-order valence-electron chi connectivity index (χ4n) is 1.19. The Bertz CT molecular complexity index is 577. The molecule has 0 aliphatic heterocycles. The summed E-state index contributed by atoms with van der Waals surface area (Å²) in [5, 5.41) is 10.7. The van der Waals surface area contributed by atoms with Crippen molar-refractivity contribution in [2.45, 2.75) is 17.1 Å². The third kappa shape index (κ3) is 4.34. The maximum atomic E-state index is 12.0. The average Bonchev–Trinajstić information content (AvgIpc) is 2.35. The van der Waals surface area contributed by atoms with Gasteiger partial charge in [-0.25, -0.2) is 13.1 Å². The molecule has 9 heteroatoms. The molecule has 106 valence electrons. The second-order valence-electron chi connectivity index (χ2n) is 3.77. The summed E-state index contributed by atoms with van der Waals surface area (Å²) >= 11 is 7.15. The van der Waals surface area contributed by atoms with Crippen LogP contribution in [0.1, 0.15) is 6.92 Å². The third-order valence-corrected chi connectivity index (χ3v) is 5.10. The highest BCUT2D eigenvalue weighted by Gasteiger charge is 2.20. The number of hydrogen-bond acceptors (Lipinski definition) is 5. The summed E-state index contributed by atoms with van der Waals surface area (Å²) in [4.78, 5) is 9.83. The van der Waals surface area contributed by atoms with Gasteiger partial charge in [-0.3, -0.25) is 10.1 Å². The third-order valence-electron chi connectivity index (χ3n) is 2.39. The van der Waals surface area contributed by atoms with E-state index in [1.54, 1.807) is 0 Å². The first-order valence-electron chi connectivity index (χ1n) is 5.24. The van der Waals surface area contributed by atoms with E-state index >= 15 is 0 Å². The van der Waals surface area contributed by atoms with Crippen LogP contribution in [0, 0.1) is 10.1 Å². The number of benzene rings is 1. The first-order chi connectivity index (χ1) is 8.77. The van der Waals surface area contributed by atoms with Gasteiger partial charge in [0.2, 0.25) is 10.0 Å². The summed E-state index contributed by atoms with van der Waals surface area (Å²) < 4.78 is 26.3. The Morgan fingerprint density at radius 3 is 2.68 bits per heavy atom. The van der Waals surface area contributed by atoms with Crippen LogP contribution in [0.25, 0.3) is 0 Å². The highest BCUT2D eigenvalue weighted by Crippen LogP contribution is 2.26. The van der Waals surface area contributed by atoms with Crippen LogP contribution in [0.5, 0.6) is 0 Å². The molecular formula is C10H13ClN2O4S2. The molecule has 0 aliphatic carbocycles. The van der Waals surface area contributed by atoms with Crippen LogP contribution in [-0.4, -0.2) is 31.4 Å². The van der Waals surface area contributed by atoms with Crippen molar-refractivity contribution in [2.75, 3.05) is 12.8 Å². The van der Waals surface area contributed by atoms with Crippen LogP contribution in [0.15, 0.2) is 23.1 Å². The smallest absolute Gasteiger partial charge is 0.258 e. The molecular weight excluding hydrogens is 312 g/mol. The molecule has 1 atom stereocenters. The summed E-state index contributed by atoms with van der Waals surface area (Å²) in [6, 6.07) is 3.39. The molecule has 0 heterocycles. The molecule has 0 saturated heterocycles. The Kier molecular flexibility index (Phi) is 5.60. The Hall–Kier alpha value is -0.830. The zero-order chi connectivity index (χ0) is 14.6. The monoisotopic (exact) mass is 324 g/mol. The molecule has 19 heavy (non-hydrogen) atoms. The van der Waals surface area contributed by atoms with Gasteiger partial charge in [0.15, 0.2) is 0 Å². The predicted molar refractivity (Wildman–Crippen MR) is 76.3 cm³/mol. The lowest BCUT2D eigenvalue weighted by atomic mass is 10.3. The standard InChI is InChI=1S/C10H13ClN2O4S2/c1-7(18-2)6-12-19(16,17)8-3-4-9(11)10(5-8)13(14)15/h3-5,7,12H,6H2,1-2H3. The molecule has 0 bridgehead atoms. The first kappa shape index (κ1) is 16.2. The van der Waals surface area contributed by atoms with Crippen molar-refractivity contribution in [1.29, 1.82) is 0 Å². The normalized spacial score (nSPS) is 13.2. The van der Waals surface area contributed by atoms with E-state index in [4.69, 9.17) is 11.6 Å². The van der Waals surface area contributed by atoms with E-state index in [-0.39, 0.29) is 21.7 Å². The van der Waals surface area contributed by atoms with Gasteiger partial charge < -0.3 is 0 Å². The number of hydrogen-bond donors (Lipinski definition) is 1. The van der Waals surface area contributed by atoms with Gasteiger partial charge in [-0.2, -0.15) is 11.8 Å². The van der Waals surface area contributed by atoms with Crippen molar-refractivity contribution >= 4 is 39.1 Å². The van der Waals surface area contributed by atoms with Gasteiger partial charge in [0, 0.05) is 17.9 Å². The number of rotatable bonds is 6. The number of nitrogens with one attached hydrogen (secondary N) is 1. The maximum absolute atomic E-state index is 12.0. The minimum absolute atomic E-state index is 0.0959. The van der Waals surface area contributed by atoms with E-state index in [0.717, 1.165) is 6.07 Å². The minimum atomic E-state index is -3.76. The summed E-state index contributed by atoms with van der Waals surface area (Å²) in [7, 11) is -3.76. The van der Waals surface area contributed by atoms with Crippen LogP contribution in [0.3, 0.4) is 0 Å². The van der Waals surface area contributed by atoms with E-state index in [0.29, 0.717) is 0 Å². The van der Waals surface area contributed by atoms with E-state index in [1.165, 1.54) is 23.9 Å². The molecule has 1 aromatic carbocycles. The van der Waals surface area contributed by atoms with E-state index in [2.05, 4.69) is 4.72 Å². The van der Waals surface area contributed by atoms with Gasteiger partial charge >= 0.3 is 0 Å². The Morgan fingerprint density at radius 2 is 2.16 bits per heavy atom. The fraction of sp³-hybridized carbons (Fsp3) is 0.400. The van der Waals surface area contributed by atoms with Gasteiger partial charge in [0.25, 0.3) is 5.69 Å². The molecule has 0 aliphatic rings. The predicted octanol–water partition coefficient (Wildman–Crippen LogP) is 2.28. The molecule has 0 amide bonds. The molecule has 0 spiro atoms. The number of sulfonamides is 1. The van der Waals surface area contributed by atoms with Crippen molar-refractivity contribution in [3.63, 3.8) is 0 Å². The maximum Gasteiger partial charge on any atom is 0.289 e. The van der Waals surface area contributed by atoms with Gasteiger partial charge in [0.05, 0.1) is 9.82 Å². The van der Waals surface area contributed by atoms with E-state index in [9.17, 15) is 18.5 Å². The van der Waals surface area contributed by atoms with Crippen LogP contribution in [0.4, 0.5) is 5.69 Å². The van der Waals surface area contributed by atoms with Crippen molar-refractivity contribution in [2.24, 2.45) is 0 Å². The van der Waals surface area contributed by atoms with Crippen molar-refractivity contribution < 1.29 is 13.3 Å². The SMILES string of the molecule is CSC(C)CNS(=O)(=O)c1ccc(Cl)c([N+](=O)[O-])c1. The van der Waals surface area contributed by atoms with Crippen molar-refractivity contribution in [1.82, 2.24) is 4.72 Å². The molecule has 0 fully saturated rings. The van der Waals surface area contributed by atoms with E-state index < -0.39 is 20.6 Å². The Labute approximate surface area is 120 Å². The highest BCUT2D eigenvalue weighted by atomic mass is 35.5. The quantitative estimate of drug-likeness (QED) is 0.640. The fourth-order valence-corrected chi connectivity index (χ4v) is 2.89. The van der Waals surface area contributed by atoms with Gasteiger partial charge in [-0.15, -0.1) is 0 Å². The van der Waals surface area contributed by atoms with E-state index in [1.807, 2.05) is 13.2 Å². The Morgan fingerprint density at radius 1 is 1.53 bits per heavy atom. The number of nitro benzene ring substituents is 1. The number of thioether (sulfide) groups is 1. The van der Waals surface area contributed by atoms with Crippen LogP contribution >= 0.6 is 23.4 Å². The summed E-state index contributed by atoms with van der Waals surface area (Å²) in [6.45, 7) is 2.12. The van der Waals surface area contributed by atoms with Gasteiger partial charge in [0.1, 0.15) is 5.02 Å². The van der Waals surface area contributed by atoms with Crippen LogP contribution in [-0.2, 0) is 10.0 Å². The molecule has 0 radical (unpaired) electrons. The lowest BCUT2D eigenvalue weighted by Gasteiger charge is -2.10. The summed E-state index contributed by atoms with van der Waals surface area (Å²) in [5.74, 6) is 0. The van der Waals surface area contributed by atoms with Crippen LogP contribution < -0.4 is 4.72 Å². The lowest BCUT2D eigenvalue weighted by molar-refractivity contribution is -0.384. The highest BCUT2D eigenvalue weighted by molar-refractivity contribution is 7.99. The molecule has 1 N–H and O–H groups in total. The molecule has 1 rings (SSSR count). The zero-order valence-electron chi connectivity index (χ0n) is 10.3. The summed E-state index contributed by atoms with van der Waals surface area (Å²) in [6.07, 6.45) is 1.87. The molecule has 1 unspecified atom stereocenters. The molecule has 1 aromatic rings. The lowest BCUT2D eigenvalue weighted by Crippen LogP contribution is -2.29. The summed E-state index contributed by atoms with van der Waals surface area (Å²) in [5.41, 5.74) is -0.428. The topological polar surface area (TPSA) is 89.3 Å². The largest absolute Gasteiger partial charge is 0.289 e. The number of nitrogens with zero attached hydrogens (tertiary/aromatic N) is 1. The molecule has 0 aromatic heterocycles. The first-order valence-corrected chi connectivity index (χ1v) is 8.39. The number of nitro groups is 1. The van der Waals surface area contributed by atoms with Crippen molar-refractivity contribution in [3.05, 3.63) is 33.3 Å². The van der Waals surface area contributed by atoms with Crippen molar-refractivity contribution in [3.8, 4) is 0 Å². The molecule has 0 saturated carbocycles. The molecule has 6 nitrogen and oxygen atoms in total.